The van der Waals surface area contributed by atoms with Gasteiger partial charge in [0.2, 0.25) is 11.8 Å². The number of amides is 2. The molecular formula is C19H19BrN2O2S. The molecule has 2 amide bonds. The van der Waals surface area contributed by atoms with Gasteiger partial charge in [-0.15, -0.1) is 11.8 Å². The standard InChI is InChI=1S/C19H19BrN2O2S/c1-12(25-14-8-6-7-13(20)11-14)17(23)22-16-10-5-4-9-15(16)21-18(24)19(22,2)3/h4-12H,1-3H3,(H,21,24). The van der Waals surface area contributed by atoms with E-state index in [0.717, 1.165) is 15.1 Å². The average molecular weight is 419 g/mol. The van der Waals surface area contributed by atoms with E-state index in [0.29, 0.717) is 5.69 Å². The summed E-state index contributed by atoms with van der Waals surface area (Å²) in [4.78, 5) is 28.4. The Labute approximate surface area is 160 Å². The number of para-hydroxylation sites is 2. The zero-order valence-corrected chi connectivity index (χ0v) is 16.6. The van der Waals surface area contributed by atoms with E-state index in [1.807, 2.05) is 55.5 Å². The van der Waals surface area contributed by atoms with Crippen molar-refractivity contribution in [1.82, 2.24) is 0 Å². The number of rotatable bonds is 3. The van der Waals surface area contributed by atoms with E-state index in [9.17, 15) is 9.59 Å². The highest BCUT2D eigenvalue weighted by Gasteiger charge is 2.44. The summed E-state index contributed by atoms with van der Waals surface area (Å²) < 4.78 is 0.972. The minimum atomic E-state index is -0.947. The van der Waals surface area contributed by atoms with Gasteiger partial charge in [0.1, 0.15) is 5.54 Å². The number of benzene rings is 2. The lowest BCUT2D eigenvalue weighted by Gasteiger charge is -2.43. The van der Waals surface area contributed by atoms with Crippen molar-refractivity contribution < 1.29 is 9.59 Å². The van der Waals surface area contributed by atoms with Crippen LogP contribution in [0.1, 0.15) is 20.8 Å². The molecule has 0 aromatic heterocycles. The Morgan fingerprint density at radius 3 is 2.64 bits per heavy atom. The molecule has 1 aliphatic heterocycles. The number of hydrogen-bond donors (Lipinski definition) is 1. The lowest BCUT2D eigenvalue weighted by Crippen LogP contribution is -2.60. The second-order valence-electron chi connectivity index (χ2n) is 6.42. The largest absolute Gasteiger partial charge is 0.322 e. The van der Waals surface area contributed by atoms with Crippen molar-refractivity contribution >= 4 is 50.9 Å². The van der Waals surface area contributed by atoms with Crippen LogP contribution >= 0.6 is 27.7 Å². The Balaban J connectivity index is 1.93. The number of hydrogen-bond acceptors (Lipinski definition) is 3. The van der Waals surface area contributed by atoms with Crippen LogP contribution in [0.4, 0.5) is 11.4 Å². The SMILES string of the molecule is CC(Sc1cccc(Br)c1)C(=O)N1c2ccccc2NC(=O)C1(C)C. The molecule has 0 saturated carbocycles. The van der Waals surface area contributed by atoms with Gasteiger partial charge in [-0.2, -0.15) is 0 Å². The maximum Gasteiger partial charge on any atom is 0.250 e. The van der Waals surface area contributed by atoms with Crippen LogP contribution in [0, 0.1) is 0 Å². The summed E-state index contributed by atoms with van der Waals surface area (Å²) in [5.41, 5.74) is 0.455. The Kier molecular flexibility index (Phi) is 4.93. The maximum absolute atomic E-state index is 13.2. The number of nitrogens with one attached hydrogen (secondary N) is 1. The van der Waals surface area contributed by atoms with Crippen LogP contribution < -0.4 is 10.2 Å². The summed E-state index contributed by atoms with van der Waals surface area (Å²) in [5, 5.41) is 2.56. The molecule has 1 N–H and O–H groups in total. The zero-order valence-electron chi connectivity index (χ0n) is 14.2. The highest BCUT2D eigenvalue weighted by atomic mass is 79.9. The fourth-order valence-corrected chi connectivity index (χ4v) is 4.34. The van der Waals surface area contributed by atoms with Crippen LogP contribution in [0.2, 0.25) is 0 Å². The van der Waals surface area contributed by atoms with Crippen LogP contribution in [0.3, 0.4) is 0 Å². The first kappa shape index (κ1) is 18.0. The Hall–Kier alpha value is -1.79. The molecule has 1 aliphatic rings. The first-order valence-electron chi connectivity index (χ1n) is 7.97. The topological polar surface area (TPSA) is 49.4 Å². The monoisotopic (exact) mass is 418 g/mol. The molecule has 0 radical (unpaired) electrons. The van der Waals surface area contributed by atoms with Crippen LogP contribution in [-0.4, -0.2) is 22.6 Å². The van der Waals surface area contributed by atoms with Crippen LogP contribution in [0.25, 0.3) is 0 Å². The van der Waals surface area contributed by atoms with Gasteiger partial charge in [0.05, 0.1) is 16.6 Å². The highest BCUT2D eigenvalue weighted by Crippen LogP contribution is 2.38. The third-order valence-corrected chi connectivity index (χ3v) is 5.76. The number of anilines is 2. The van der Waals surface area contributed by atoms with Crippen molar-refractivity contribution in [3.05, 3.63) is 53.0 Å². The third kappa shape index (κ3) is 3.46. The zero-order chi connectivity index (χ0) is 18.2. The van der Waals surface area contributed by atoms with Gasteiger partial charge >= 0.3 is 0 Å². The van der Waals surface area contributed by atoms with Gasteiger partial charge in [-0.3, -0.25) is 14.5 Å². The number of fused-ring (bicyclic) bond motifs is 1. The van der Waals surface area contributed by atoms with Gasteiger partial charge in [-0.1, -0.05) is 34.1 Å². The van der Waals surface area contributed by atoms with E-state index < -0.39 is 5.54 Å². The summed E-state index contributed by atoms with van der Waals surface area (Å²) in [6.45, 7) is 5.42. The highest BCUT2D eigenvalue weighted by molar-refractivity contribution is 9.10. The number of carbonyl (C=O) groups excluding carboxylic acids is 2. The summed E-state index contributed by atoms with van der Waals surface area (Å²) in [6.07, 6.45) is 0. The molecule has 3 rings (SSSR count). The Morgan fingerprint density at radius 2 is 1.92 bits per heavy atom. The molecule has 0 aliphatic carbocycles. The molecule has 25 heavy (non-hydrogen) atoms. The third-order valence-electron chi connectivity index (χ3n) is 4.18. The fourth-order valence-electron chi connectivity index (χ4n) is 2.82. The first-order valence-corrected chi connectivity index (χ1v) is 9.65. The van der Waals surface area contributed by atoms with Crippen molar-refractivity contribution in [2.75, 3.05) is 10.2 Å². The van der Waals surface area contributed by atoms with E-state index in [-0.39, 0.29) is 17.1 Å². The molecule has 2 aromatic carbocycles. The van der Waals surface area contributed by atoms with Crippen molar-refractivity contribution in [3.63, 3.8) is 0 Å². The minimum absolute atomic E-state index is 0.0859. The molecule has 130 valence electrons. The average Bonchev–Trinajstić information content (AvgIpc) is 2.55. The number of thioether (sulfide) groups is 1. The van der Waals surface area contributed by atoms with E-state index in [4.69, 9.17) is 0 Å². The van der Waals surface area contributed by atoms with Crippen LogP contribution in [0.5, 0.6) is 0 Å². The van der Waals surface area contributed by atoms with Crippen molar-refractivity contribution in [1.29, 1.82) is 0 Å². The van der Waals surface area contributed by atoms with E-state index in [1.54, 1.807) is 18.7 Å². The molecule has 0 fully saturated rings. The Morgan fingerprint density at radius 1 is 1.20 bits per heavy atom. The molecule has 0 spiro atoms. The van der Waals surface area contributed by atoms with Gasteiger partial charge < -0.3 is 5.32 Å². The van der Waals surface area contributed by atoms with E-state index >= 15 is 0 Å². The number of halogens is 1. The summed E-state index contributed by atoms with van der Waals surface area (Å²) in [5.74, 6) is -0.267. The van der Waals surface area contributed by atoms with Crippen molar-refractivity contribution in [3.8, 4) is 0 Å². The maximum atomic E-state index is 13.2. The first-order chi connectivity index (χ1) is 11.8. The Bertz CT molecular complexity index is 838. The van der Waals surface area contributed by atoms with E-state index in [2.05, 4.69) is 21.2 Å². The van der Waals surface area contributed by atoms with Crippen molar-refractivity contribution in [2.45, 2.75) is 36.5 Å². The molecule has 1 atom stereocenters. The number of nitrogens with zero attached hydrogens (tertiary/aromatic N) is 1. The van der Waals surface area contributed by atoms with Crippen molar-refractivity contribution in [2.24, 2.45) is 0 Å². The van der Waals surface area contributed by atoms with Gasteiger partial charge in [-0.25, -0.2) is 0 Å². The smallest absolute Gasteiger partial charge is 0.250 e. The van der Waals surface area contributed by atoms with Crippen LogP contribution in [0.15, 0.2) is 57.9 Å². The predicted molar refractivity (Wildman–Crippen MR) is 106 cm³/mol. The lowest BCUT2D eigenvalue weighted by molar-refractivity contribution is -0.126. The molecular weight excluding hydrogens is 400 g/mol. The van der Waals surface area contributed by atoms with Gasteiger partial charge in [0.25, 0.3) is 0 Å². The molecule has 0 saturated heterocycles. The summed E-state index contributed by atoms with van der Waals surface area (Å²) >= 11 is 4.93. The molecule has 1 heterocycles. The summed E-state index contributed by atoms with van der Waals surface area (Å²) in [6, 6.07) is 15.2. The molecule has 2 aromatic rings. The quantitative estimate of drug-likeness (QED) is 0.735. The minimum Gasteiger partial charge on any atom is -0.322 e. The summed E-state index contributed by atoms with van der Waals surface area (Å²) in [7, 11) is 0. The molecule has 4 nitrogen and oxygen atoms in total. The van der Waals surface area contributed by atoms with Gasteiger partial charge in [-0.05, 0) is 51.1 Å². The van der Waals surface area contributed by atoms with Gasteiger partial charge in [0.15, 0.2) is 0 Å². The fraction of sp³-hybridized carbons (Fsp3) is 0.263. The van der Waals surface area contributed by atoms with Gasteiger partial charge in [0, 0.05) is 9.37 Å². The molecule has 6 heteroatoms. The molecule has 1 unspecified atom stereocenters. The van der Waals surface area contributed by atoms with Crippen LogP contribution in [-0.2, 0) is 9.59 Å². The molecule has 0 bridgehead atoms. The normalized spacial score (nSPS) is 16.8. The number of carbonyl (C=O) groups is 2. The second kappa shape index (κ2) is 6.84. The lowest BCUT2D eigenvalue weighted by atomic mass is 9.96. The second-order valence-corrected chi connectivity index (χ2v) is 8.75. The predicted octanol–water partition coefficient (Wildman–Crippen LogP) is 4.69. The van der Waals surface area contributed by atoms with E-state index in [1.165, 1.54) is 11.8 Å².